The summed E-state index contributed by atoms with van der Waals surface area (Å²) in [5, 5.41) is 3.08. The van der Waals surface area contributed by atoms with E-state index in [-0.39, 0.29) is 0 Å². The molecule has 0 bridgehead atoms. The first-order chi connectivity index (χ1) is 16.7. The maximum Gasteiger partial charge on any atom is 0.147 e. The Kier molecular flexibility index (Phi) is 13.1. The topological polar surface area (TPSA) is 59.2 Å². The highest BCUT2D eigenvalue weighted by Gasteiger charge is 2.15. The van der Waals surface area contributed by atoms with Gasteiger partial charge in [0.05, 0.1) is 18.6 Å². The van der Waals surface area contributed by atoms with Crippen LogP contribution >= 0.6 is 0 Å². The van der Waals surface area contributed by atoms with Crippen LogP contribution in [0.2, 0.25) is 0 Å². The molecule has 0 saturated carbocycles. The molecule has 0 unspecified atom stereocenters. The van der Waals surface area contributed by atoms with E-state index in [4.69, 9.17) is 9.47 Å². The molecule has 1 aromatic rings. The first-order valence-corrected chi connectivity index (χ1v) is 11.6. The molecule has 0 fully saturated rings. The van der Waals surface area contributed by atoms with Crippen molar-refractivity contribution in [1.29, 1.82) is 0 Å². The smallest absolute Gasteiger partial charge is 0.147 e. The fourth-order valence-electron chi connectivity index (χ4n) is 2.99. The summed E-state index contributed by atoms with van der Waals surface area (Å²) in [4.78, 5) is 7.34. The van der Waals surface area contributed by atoms with E-state index in [1.807, 2.05) is 61.7 Å². The van der Waals surface area contributed by atoms with Crippen molar-refractivity contribution in [3.63, 3.8) is 0 Å². The van der Waals surface area contributed by atoms with Gasteiger partial charge in [-0.2, -0.15) is 0 Å². The highest BCUT2D eigenvalue weighted by atomic mass is 16.5. The molecule has 0 aliphatic carbocycles. The van der Waals surface area contributed by atoms with Gasteiger partial charge in [-0.15, -0.1) is 0 Å². The number of nitrogens with one attached hydrogen (secondary N) is 2. The Morgan fingerprint density at radius 2 is 2.21 bits per heavy atom. The number of allylic oxidation sites excluding steroid dienone is 8. The average molecular weight is 458 g/mol. The van der Waals surface area contributed by atoms with Gasteiger partial charge in [0.25, 0.3) is 0 Å². The van der Waals surface area contributed by atoms with Crippen LogP contribution in [0, 0.1) is 11.8 Å². The minimum absolute atomic E-state index is 0.594. The van der Waals surface area contributed by atoms with Gasteiger partial charge in [-0.1, -0.05) is 55.7 Å². The monoisotopic (exact) mass is 457 g/mol. The molecule has 2 heterocycles. The summed E-state index contributed by atoms with van der Waals surface area (Å²) >= 11 is 0. The molecule has 2 N–H and O–H groups in total. The summed E-state index contributed by atoms with van der Waals surface area (Å²) in [6, 6.07) is 7.73. The zero-order valence-corrected chi connectivity index (χ0v) is 20.2. The second kappa shape index (κ2) is 16.8. The van der Waals surface area contributed by atoms with Crippen molar-refractivity contribution in [3.8, 4) is 11.8 Å². The van der Waals surface area contributed by atoms with Gasteiger partial charge in [0, 0.05) is 12.6 Å². The molecule has 178 valence electrons. The molecule has 0 aromatic carbocycles. The van der Waals surface area contributed by atoms with Crippen LogP contribution in [0.25, 0.3) is 5.76 Å². The Labute approximate surface area is 204 Å². The molecule has 0 atom stereocenters. The molecular formula is C29H35N3O2. The minimum atomic E-state index is 0.594. The molecule has 5 heteroatoms. The van der Waals surface area contributed by atoms with Gasteiger partial charge in [-0.3, -0.25) is 0 Å². The second-order valence-corrected chi connectivity index (χ2v) is 7.33. The van der Waals surface area contributed by atoms with Gasteiger partial charge < -0.3 is 19.8 Å². The van der Waals surface area contributed by atoms with E-state index >= 15 is 0 Å². The van der Waals surface area contributed by atoms with Crippen LogP contribution in [-0.4, -0.2) is 30.2 Å². The van der Waals surface area contributed by atoms with Crippen LogP contribution in [0.1, 0.15) is 38.3 Å². The van der Waals surface area contributed by atoms with Crippen molar-refractivity contribution in [2.45, 2.75) is 32.6 Å². The quantitative estimate of drug-likeness (QED) is 0.191. The van der Waals surface area contributed by atoms with E-state index in [9.17, 15) is 0 Å². The maximum atomic E-state index is 6.23. The highest BCUT2D eigenvalue weighted by molar-refractivity contribution is 5.60. The third kappa shape index (κ3) is 10.7. The van der Waals surface area contributed by atoms with Crippen molar-refractivity contribution in [3.05, 3.63) is 109 Å². The summed E-state index contributed by atoms with van der Waals surface area (Å²) < 4.78 is 11.7. The largest absolute Gasteiger partial charge is 0.494 e. The summed E-state index contributed by atoms with van der Waals surface area (Å²) in [5.74, 6) is 8.48. The summed E-state index contributed by atoms with van der Waals surface area (Å²) in [6.45, 7) is 7.59. The summed E-state index contributed by atoms with van der Waals surface area (Å²) in [7, 11) is 1.93. The summed E-state index contributed by atoms with van der Waals surface area (Å²) in [5.41, 5.74) is 2.04. The lowest BCUT2D eigenvalue weighted by molar-refractivity contribution is 0.221. The van der Waals surface area contributed by atoms with Crippen molar-refractivity contribution in [2.75, 3.05) is 20.2 Å². The number of ether oxygens (including phenoxy) is 2. The Morgan fingerprint density at radius 3 is 3.06 bits per heavy atom. The van der Waals surface area contributed by atoms with Gasteiger partial charge >= 0.3 is 0 Å². The number of hydrogen-bond donors (Lipinski definition) is 2. The predicted octanol–water partition coefficient (Wildman–Crippen LogP) is 6.16. The molecule has 1 aliphatic heterocycles. The van der Waals surface area contributed by atoms with Gasteiger partial charge in [-0.25, -0.2) is 4.98 Å². The lowest BCUT2D eigenvalue weighted by Crippen LogP contribution is -2.09. The van der Waals surface area contributed by atoms with Crippen LogP contribution in [0.3, 0.4) is 0 Å². The molecular weight excluding hydrogens is 422 g/mol. The fraction of sp³-hybridized carbons (Fsp3) is 0.276. The Hall–Kier alpha value is -3.75. The van der Waals surface area contributed by atoms with Gasteiger partial charge in [0.2, 0.25) is 0 Å². The van der Waals surface area contributed by atoms with Crippen molar-refractivity contribution >= 4 is 5.76 Å². The zero-order valence-electron chi connectivity index (χ0n) is 20.2. The first-order valence-electron chi connectivity index (χ1n) is 11.6. The normalized spacial score (nSPS) is 15.5. The Bertz CT molecular complexity index is 1020. The number of aromatic amines is 1. The van der Waals surface area contributed by atoms with Crippen LogP contribution in [0.15, 0.2) is 103 Å². The van der Waals surface area contributed by atoms with Crippen molar-refractivity contribution in [2.24, 2.45) is 0 Å². The van der Waals surface area contributed by atoms with E-state index in [1.54, 1.807) is 12.5 Å². The highest BCUT2D eigenvalue weighted by Crippen LogP contribution is 2.30. The number of hydrogen-bond acceptors (Lipinski definition) is 4. The third-order valence-electron chi connectivity index (χ3n) is 4.63. The molecule has 0 radical (unpaired) electrons. The third-order valence-corrected chi connectivity index (χ3v) is 4.63. The van der Waals surface area contributed by atoms with E-state index in [2.05, 4.69) is 52.8 Å². The minimum Gasteiger partial charge on any atom is -0.494 e. The van der Waals surface area contributed by atoms with E-state index in [1.165, 1.54) is 5.57 Å². The fourth-order valence-corrected chi connectivity index (χ4v) is 2.99. The number of H-pyrrole nitrogens is 1. The van der Waals surface area contributed by atoms with Crippen molar-refractivity contribution in [1.82, 2.24) is 15.3 Å². The molecule has 0 saturated heterocycles. The number of rotatable bonds is 10. The van der Waals surface area contributed by atoms with Crippen LogP contribution in [0.4, 0.5) is 0 Å². The Balaban J connectivity index is 1.96. The van der Waals surface area contributed by atoms with Crippen LogP contribution < -0.4 is 5.32 Å². The molecule has 1 aliphatic rings. The van der Waals surface area contributed by atoms with E-state index < -0.39 is 0 Å². The van der Waals surface area contributed by atoms with Crippen LogP contribution in [0.5, 0.6) is 0 Å². The van der Waals surface area contributed by atoms with Gasteiger partial charge in [0.15, 0.2) is 0 Å². The zero-order chi connectivity index (χ0) is 24.3. The van der Waals surface area contributed by atoms with E-state index in [0.29, 0.717) is 18.8 Å². The first kappa shape index (κ1) is 26.5. The lowest BCUT2D eigenvalue weighted by atomic mass is 10.0. The molecule has 2 rings (SSSR count). The molecule has 0 spiro atoms. The molecule has 5 nitrogen and oxygen atoms in total. The molecule has 34 heavy (non-hydrogen) atoms. The second-order valence-electron chi connectivity index (χ2n) is 7.33. The van der Waals surface area contributed by atoms with E-state index in [0.717, 1.165) is 43.0 Å². The number of aromatic nitrogens is 2. The SMILES string of the molecule is C=C(/C=C\C=C\C#CC/C=C1/OC(c2cccccnc[nH]2)=CC/C1=C/CC)OCCCNC. The standard InChI is InChI=1S/C29H35N3O2/c1-4-15-26-19-20-29(27-17-11-9-13-22-31-24-32-27)34-28(26)18-12-8-6-5-7-10-16-25(2)33-23-14-21-30-3/h5,7,9-11,13,15-18,20,22,24,30H,2,4,12,14,19,21,23H2,1,3H3,(H,31,32)/b7-5+,11-9?,16-10-,22-13?,26-15-,27-17?,28-18+. The van der Waals surface area contributed by atoms with Crippen molar-refractivity contribution < 1.29 is 9.47 Å². The average Bonchev–Trinajstić information content (AvgIpc) is 2.98. The maximum absolute atomic E-state index is 6.23. The molecule has 0 amide bonds. The lowest BCUT2D eigenvalue weighted by Gasteiger charge is -2.20. The van der Waals surface area contributed by atoms with Crippen LogP contribution in [-0.2, 0) is 9.47 Å². The summed E-state index contributed by atoms with van der Waals surface area (Å²) in [6.07, 6.45) is 20.4. The molecule has 1 aromatic heterocycles. The van der Waals surface area contributed by atoms with Gasteiger partial charge in [0.1, 0.15) is 17.3 Å². The number of nitrogens with zero attached hydrogens (tertiary/aromatic N) is 1. The van der Waals surface area contributed by atoms with Gasteiger partial charge in [-0.05, 0) is 74.9 Å². The predicted molar refractivity (Wildman–Crippen MR) is 141 cm³/mol. The Morgan fingerprint density at radius 1 is 1.29 bits per heavy atom.